The van der Waals surface area contributed by atoms with Crippen LogP contribution in [0.4, 0.5) is 5.69 Å². The quantitative estimate of drug-likeness (QED) is 0.217. The standard InChI is InChI=1S/C33H27N3OS/c1-24-16-18-28(19-17-24)34-33-36(22-26-12-6-3-7-13-26)32(37)31(38-33)20-27-23-35(21-25-10-4-2-5-11-25)30-15-9-8-14-29(27)30/h2-20,23H,21-22H2,1H3/b31-20+,34-33?. The van der Waals surface area contributed by atoms with Crippen molar-refractivity contribution >= 4 is 45.5 Å². The lowest BCUT2D eigenvalue weighted by Crippen LogP contribution is -2.28. The van der Waals surface area contributed by atoms with Crippen LogP contribution in [0.3, 0.4) is 0 Å². The fourth-order valence-corrected chi connectivity index (χ4v) is 5.66. The Kier molecular flexibility index (Phi) is 6.67. The molecule has 0 spiro atoms. The molecule has 5 aromatic rings. The summed E-state index contributed by atoms with van der Waals surface area (Å²) in [5.74, 6) is -0.0235. The fraction of sp³-hybridized carbons (Fsp3) is 0.0909. The molecule has 1 aliphatic rings. The highest BCUT2D eigenvalue weighted by atomic mass is 32.2. The van der Waals surface area contributed by atoms with Crippen molar-refractivity contribution in [3.8, 4) is 0 Å². The molecule has 0 saturated carbocycles. The number of hydrogen-bond acceptors (Lipinski definition) is 3. The van der Waals surface area contributed by atoms with Gasteiger partial charge in [0, 0.05) is 29.2 Å². The van der Waals surface area contributed by atoms with Gasteiger partial charge in [-0.05, 0) is 54.1 Å². The van der Waals surface area contributed by atoms with Gasteiger partial charge in [-0.3, -0.25) is 9.69 Å². The number of carbonyl (C=O) groups is 1. The predicted octanol–water partition coefficient (Wildman–Crippen LogP) is 7.80. The number of aromatic nitrogens is 1. The number of rotatable bonds is 6. The molecule has 2 heterocycles. The van der Waals surface area contributed by atoms with Gasteiger partial charge in [-0.15, -0.1) is 0 Å². The molecular formula is C33H27N3OS. The lowest BCUT2D eigenvalue weighted by molar-refractivity contribution is -0.122. The first kappa shape index (κ1) is 24.0. The molecule has 0 unspecified atom stereocenters. The number of para-hydroxylation sites is 1. The van der Waals surface area contributed by atoms with E-state index < -0.39 is 0 Å². The van der Waals surface area contributed by atoms with Crippen LogP contribution in [0.2, 0.25) is 0 Å². The van der Waals surface area contributed by atoms with Crippen molar-refractivity contribution in [1.29, 1.82) is 0 Å². The van der Waals surface area contributed by atoms with Crippen molar-refractivity contribution in [3.05, 3.63) is 143 Å². The highest BCUT2D eigenvalue weighted by Crippen LogP contribution is 2.36. The van der Waals surface area contributed by atoms with E-state index in [9.17, 15) is 4.79 Å². The van der Waals surface area contributed by atoms with Gasteiger partial charge in [-0.1, -0.05) is 96.6 Å². The summed E-state index contributed by atoms with van der Waals surface area (Å²) >= 11 is 1.44. The molecule has 0 N–H and O–H groups in total. The monoisotopic (exact) mass is 513 g/mol. The number of hydrogen-bond donors (Lipinski definition) is 0. The normalized spacial score (nSPS) is 15.7. The maximum absolute atomic E-state index is 13.8. The Labute approximate surface area is 227 Å². The van der Waals surface area contributed by atoms with Crippen molar-refractivity contribution < 1.29 is 4.79 Å². The summed E-state index contributed by atoms with van der Waals surface area (Å²) < 4.78 is 2.25. The molecule has 1 aromatic heterocycles. The van der Waals surface area contributed by atoms with Crippen molar-refractivity contribution in [1.82, 2.24) is 9.47 Å². The lowest BCUT2D eigenvalue weighted by atomic mass is 10.1. The largest absolute Gasteiger partial charge is 0.342 e. The average molecular weight is 514 g/mol. The third kappa shape index (κ3) is 5.06. The SMILES string of the molecule is Cc1ccc(N=C2S/C(=C/c3cn(Cc4ccccc4)c4ccccc34)C(=O)N2Cc2ccccc2)cc1. The molecule has 1 amide bonds. The summed E-state index contributed by atoms with van der Waals surface area (Å²) in [6, 6.07) is 36.9. The van der Waals surface area contributed by atoms with E-state index in [-0.39, 0.29) is 5.91 Å². The van der Waals surface area contributed by atoms with Crippen molar-refractivity contribution in [2.24, 2.45) is 4.99 Å². The van der Waals surface area contributed by atoms with E-state index in [1.165, 1.54) is 22.9 Å². The molecule has 4 aromatic carbocycles. The minimum atomic E-state index is -0.0235. The first-order chi connectivity index (χ1) is 18.6. The number of amides is 1. The molecule has 0 atom stereocenters. The molecule has 1 saturated heterocycles. The Bertz CT molecular complexity index is 1650. The number of nitrogens with zero attached hydrogens (tertiary/aromatic N) is 3. The molecule has 6 rings (SSSR count). The number of aryl methyl sites for hydroxylation is 1. The lowest BCUT2D eigenvalue weighted by Gasteiger charge is -2.15. The number of amidine groups is 1. The van der Waals surface area contributed by atoms with Crippen LogP contribution in [0.15, 0.2) is 125 Å². The summed E-state index contributed by atoms with van der Waals surface area (Å²) in [4.78, 5) is 21.1. The van der Waals surface area contributed by atoms with E-state index in [1.54, 1.807) is 4.90 Å². The van der Waals surface area contributed by atoms with Crippen LogP contribution in [0.1, 0.15) is 22.3 Å². The molecule has 0 radical (unpaired) electrons. The predicted molar refractivity (Wildman–Crippen MR) is 158 cm³/mol. The number of aliphatic imine (C=N–C) groups is 1. The summed E-state index contributed by atoms with van der Waals surface area (Å²) in [5, 5.41) is 1.82. The molecule has 186 valence electrons. The van der Waals surface area contributed by atoms with Crippen molar-refractivity contribution in [2.75, 3.05) is 0 Å². The number of fused-ring (bicyclic) bond motifs is 1. The van der Waals surface area contributed by atoms with E-state index >= 15 is 0 Å². The topological polar surface area (TPSA) is 37.6 Å². The van der Waals surface area contributed by atoms with Gasteiger partial charge in [0.15, 0.2) is 5.17 Å². The highest BCUT2D eigenvalue weighted by molar-refractivity contribution is 8.18. The van der Waals surface area contributed by atoms with Gasteiger partial charge < -0.3 is 4.57 Å². The Morgan fingerprint density at radius 2 is 1.39 bits per heavy atom. The second-order valence-corrected chi connectivity index (χ2v) is 10.4. The second-order valence-electron chi connectivity index (χ2n) is 9.43. The van der Waals surface area contributed by atoms with E-state index in [4.69, 9.17) is 4.99 Å². The number of carbonyl (C=O) groups excluding carboxylic acids is 1. The van der Waals surface area contributed by atoms with E-state index in [0.29, 0.717) is 16.6 Å². The summed E-state index contributed by atoms with van der Waals surface area (Å²) in [7, 11) is 0. The molecule has 1 aliphatic heterocycles. The average Bonchev–Trinajstić information content (AvgIpc) is 3.43. The van der Waals surface area contributed by atoms with Crippen LogP contribution in [-0.4, -0.2) is 20.5 Å². The summed E-state index contributed by atoms with van der Waals surface area (Å²) in [6.07, 6.45) is 4.17. The molecule has 0 bridgehead atoms. The first-order valence-corrected chi connectivity index (χ1v) is 13.5. The van der Waals surface area contributed by atoms with E-state index in [2.05, 4.69) is 60.2 Å². The van der Waals surface area contributed by atoms with Crippen molar-refractivity contribution in [2.45, 2.75) is 20.0 Å². The van der Waals surface area contributed by atoms with Gasteiger partial charge in [0.2, 0.25) is 0 Å². The van der Waals surface area contributed by atoms with Gasteiger partial charge in [0.1, 0.15) is 0 Å². The van der Waals surface area contributed by atoms with Gasteiger partial charge >= 0.3 is 0 Å². The zero-order valence-corrected chi connectivity index (χ0v) is 21.9. The van der Waals surface area contributed by atoms with Gasteiger partial charge in [0.05, 0.1) is 17.1 Å². The van der Waals surface area contributed by atoms with Crippen LogP contribution < -0.4 is 0 Å². The van der Waals surface area contributed by atoms with Gasteiger partial charge in [-0.25, -0.2) is 4.99 Å². The molecule has 4 nitrogen and oxygen atoms in total. The van der Waals surface area contributed by atoms with Crippen LogP contribution >= 0.6 is 11.8 Å². The maximum atomic E-state index is 13.8. The molecule has 0 aliphatic carbocycles. The Hall–Kier alpha value is -4.35. The number of benzene rings is 4. The van der Waals surface area contributed by atoms with Crippen LogP contribution in [0.5, 0.6) is 0 Å². The second kappa shape index (κ2) is 10.6. The highest BCUT2D eigenvalue weighted by Gasteiger charge is 2.33. The molecule has 5 heteroatoms. The smallest absolute Gasteiger partial charge is 0.267 e. The Balaban J connectivity index is 1.38. The molecular weight excluding hydrogens is 486 g/mol. The zero-order chi connectivity index (χ0) is 25.9. The Morgan fingerprint density at radius 1 is 0.763 bits per heavy atom. The van der Waals surface area contributed by atoms with E-state index in [0.717, 1.165) is 34.3 Å². The molecule has 38 heavy (non-hydrogen) atoms. The number of thioether (sulfide) groups is 1. The minimum absolute atomic E-state index is 0.0235. The van der Waals surface area contributed by atoms with E-state index in [1.807, 2.05) is 72.8 Å². The first-order valence-electron chi connectivity index (χ1n) is 12.7. The zero-order valence-electron chi connectivity index (χ0n) is 21.1. The fourth-order valence-electron chi connectivity index (χ4n) is 4.67. The summed E-state index contributed by atoms with van der Waals surface area (Å²) in [6.45, 7) is 3.30. The maximum Gasteiger partial charge on any atom is 0.267 e. The van der Waals surface area contributed by atoms with Crippen LogP contribution in [0.25, 0.3) is 17.0 Å². The van der Waals surface area contributed by atoms with Crippen molar-refractivity contribution in [3.63, 3.8) is 0 Å². The molecule has 1 fully saturated rings. The summed E-state index contributed by atoms with van der Waals surface area (Å²) in [5.41, 5.74) is 6.50. The Morgan fingerprint density at radius 3 is 2.11 bits per heavy atom. The van der Waals surface area contributed by atoms with Crippen LogP contribution in [-0.2, 0) is 17.9 Å². The van der Waals surface area contributed by atoms with Gasteiger partial charge in [0.25, 0.3) is 5.91 Å². The third-order valence-corrected chi connectivity index (χ3v) is 7.64. The minimum Gasteiger partial charge on any atom is -0.342 e. The third-order valence-electron chi connectivity index (χ3n) is 6.63. The van der Waals surface area contributed by atoms with Gasteiger partial charge in [-0.2, -0.15) is 0 Å². The van der Waals surface area contributed by atoms with Crippen LogP contribution in [0, 0.1) is 6.92 Å².